The number of carbonyl (C=O) groups is 1. The lowest BCUT2D eigenvalue weighted by Crippen LogP contribution is -2.10. The Hall–Kier alpha value is -2.04. The number of rotatable bonds is 4. The van der Waals surface area contributed by atoms with Crippen LogP contribution >= 0.6 is 11.6 Å². The van der Waals surface area contributed by atoms with Crippen molar-refractivity contribution in [1.29, 1.82) is 0 Å². The molecule has 5 heteroatoms. The predicted octanol–water partition coefficient (Wildman–Crippen LogP) is 4.48. The van der Waals surface area contributed by atoms with E-state index in [1.807, 2.05) is 25.4 Å². The molecule has 0 aliphatic heterocycles. The van der Waals surface area contributed by atoms with Crippen molar-refractivity contribution < 1.29 is 14.7 Å². The van der Waals surface area contributed by atoms with Crippen LogP contribution in [0.2, 0.25) is 5.02 Å². The number of nitrogens with one attached hydrogen (secondary N) is 1. The Morgan fingerprint density at radius 2 is 2.00 bits per heavy atom. The van der Waals surface area contributed by atoms with Crippen LogP contribution in [-0.2, 0) is 0 Å². The zero-order chi connectivity index (χ0) is 15.4. The third-order valence-electron chi connectivity index (χ3n) is 3.06. The summed E-state index contributed by atoms with van der Waals surface area (Å²) in [7, 11) is 0. The summed E-state index contributed by atoms with van der Waals surface area (Å²) >= 11 is 5.86. The first-order valence-electron chi connectivity index (χ1n) is 6.53. The van der Waals surface area contributed by atoms with Crippen LogP contribution in [0.15, 0.2) is 42.5 Å². The van der Waals surface area contributed by atoms with Gasteiger partial charge in [0.1, 0.15) is 5.69 Å². The SMILES string of the molecule is CC(C)c1ccc(NO)c(OC(=O)c2cccc(Cl)c2)c1. The van der Waals surface area contributed by atoms with E-state index in [1.54, 1.807) is 30.3 Å². The van der Waals surface area contributed by atoms with Gasteiger partial charge in [0.05, 0.1) is 5.56 Å². The number of hydrogen-bond donors (Lipinski definition) is 2. The average Bonchev–Trinajstić information content (AvgIpc) is 2.47. The lowest BCUT2D eigenvalue weighted by Gasteiger charge is -2.13. The number of hydrogen-bond acceptors (Lipinski definition) is 4. The van der Waals surface area contributed by atoms with E-state index in [1.165, 1.54) is 6.07 Å². The van der Waals surface area contributed by atoms with Crippen LogP contribution in [0.25, 0.3) is 0 Å². The van der Waals surface area contributed by atoms with Crippen LogP contribution in [0.3, 0.4) is 0 Å². The molecule has 0 spiro atoms. The Kier molecular flexibility index (Phi) is 4.83. The molecule has 2 N–H and O–H groups in total. The van der Waals surface area contributed by atoms with E-state index in [2.05, 4.69) is 0 Å². The second kappa shape index (κ2) is 6.61. The van der Waals surface area contributed by atoms with Crippen molar-refractivity contribution in [3.05, 3.63) is 58.6 Å². The fourth-order valence-electron chi connectivity index (χ4n) is 1.85. The first-order valence-corrected chi connectivity index (χ1v) is 6.91. The van der Waals surface area contributed by atoms with Crippen molar-refractivity contribution in [2.75, 3.05) is 5.48 Å². The van der Waals surface area contributed by atoms with Gasteiger partial charge in [-0.2, -0.15) is 0 Å². The van der Waals surface area contributed by atoms with Crippen LogP contribution in [0.5, 0.6) is 5.75 Å². The standard InChI is InChI=1S/C16H16ClNO3/c1-10(2)11-6-7-14(18-20)15(9-11)21-16(19)12-4-3-5-13(17)8-12/h3-10,18,20H,1-2H3. The molecule has 110 valence electrons. The van der Waals surface area contributed by atoms with Gasteiger partial charge in [-0.15, -0.1) is 0 Å². The Morgan fingerprint density at radius 3 is 2.62 bits per heavy atom. The molecule has 0 aromatic heterocycles. The minimum atomic E-state index is -0.532. The van der Waals surface area contributed by atoms with Crippen molar-refractivity contribution >= 4 is 23.3 Å². The Morgan fingerprint density at radius 1 is 1.24 bits per heavy atom. The maximum absolute atomic E-state index is 12.1. The molecule has 0 saturated carbocycles. The van der Waals surface area contributed by atoms with E-state index in [-0.39, 0.29) is 11.7 Å². The van der Waals surface area contributed by atoms with Gasteiger partial charge in [0, 0.05) is 5.02 Å². The molecule has 0 aliphatic carbocycles. The summed E-state index contributed by atoms with van der Waals surface area (Å²) in [6.07, 6.45) is 0. The van der Waals surface area contributed by atoms with Crippen molar-refractivity contribution in [1.82, 2.24) is 0 Å². The maximum atomic E-state index is 12.1. The van der Waals surface area contributed by atoms with E-state index in [0.717, 1.165) is 5.56 Å². The van der Waals surface area contributed by atoms with Crippen LogP contribution in [-0.4, -0.2) is 11.2 Å². The quantitative estimate of drug-likeness (QED) is 0.496. The molecular weight excluding hydrogens is 290 g/mol. The summed E-state index contributed by atoms with van der Waals surface area (Å²) < 4.78 is 5.35. The highest BCUT2D eigenvalue weighted by atomic mass is 35.5. The summed E-state index contributed by atoms with van der Waals surface area (Å²) in [5.74, 6) is 0.0185. The summed E-state index contributed by atoms with van der Waals surface area (Å²) in [4.78, 5) is 12.1. The molecule has 2 aromatic rings. The number of ether oxygens (including phenoxy) is 1. The molecule has 21 heavy (non-hydrogen) atoms. The first-order chi connectivity index (χ1) is 10.0. The number of halogens is 1. The van der Waals surface area contributed by atoms with Crippen molar-refractivity contribution in [3.8, 4) is 5.75 Å². The summed E-state index contributed by atoms with van der Waals surface area (Å²) in [5, 5.41) is 9.57. The first kappa shape index (κ1) is 15.4. The summed E-state index contributed by atoms with van der Waals surface area (Å²) in [5.41, 5.74) is 3.71. The number of esters is 1. The highest BCUT2D eigenvalue weighted by molar-refractivity contribution is 6.30. The normalized spacial score (nSPS) is 10.5. The second-order valence-electron chi connectivity index (χ2n) is 4.92. The lowest BCUT2D eigenvalue weighted by atomic mass is 10.0. The van der Waals surface area contributed by atoms with E-state index in [4.69, 9.17) is 21.5 Å². The average molecular weight is 306 g/mol. The molecule has 0 radical (unpaired) electrons. The van der Waals surface area contributed by atoms with Crippen LogP contribution < -0.4 is 10.2 Å². The van der Waals surface area contributed by atoms with E-state index < -0.39 is 5.97 Å². The zero-order valence-corrected chi connectivity index (χ0v) is 12.5. The van der Waals surface area contributed by atoms with Gasteiger partial charge < -0.3 is 4.74 Å². The van der Waals surface area contributed by atoms with Crippen molar-refractivity contribution in [2.24, 2.45) is 0 Å². The predicted molar refractivity (Wildman–Crippen MR) is 82.4 cm³/mol. The second-order valence-corrected chi connectivity index (χ2v) is 5.36. The fraction of sp³-hybridized carbons (Fsp3) is 0.188. The maximum Gasteiger partial charge on any atom is 0.343 e. The Balaban J connectivity index is 2.29. The molecule has 2 aromatic carbocycles. The monoisotopic (exact) mass is 305 g/mol. The number of benzene rings is 2. The largest absolute Gasteiger partial charge is 0.421 e. The smallest absolute Gasteiger partial charge is 0.343 e. The van der Waals surface area contributed by atoms with Gasteiger partial charge in [-0.25, -0.2) is 4.79 Å². The van der Waals surface area contributed by atoms with Crippen molar-refractivity contribution in [3.63, 3.8) is 0 Å². The Labute approximate surface area is 128 Å². The van der Waals surface area contributed by atoms with Gasteiger partial charge in [-0.3, -0.25) is 10.7 Å². The summed E-state index contributed by atoms with van der Waals surface area (Å²) in [6.45, 7) is 4.06. The molecule has 2 rings (SSSR count). The topological polar surface area (TPSA) is 58.6 Å². The molecule has 4 nitrogen and oxygen atoms in total. The third kappa shape index (κ3) is 3.74. The molecule has 0 amide bonds. The molecule has 0 atom stereocenters. The molecule has 0 bridgehead atoms. The van der Waals surface area contributed by atoms with E-state index in [9.17, 15) is 4.79 Å². The van der Waals surface area contributed by atoms with Gasteiger partial charge in [-0.1, -0.05) is 37.6 Å². The minimum absolute atomic E-state index is 0.272. The molecule has 0 heterocycles. The van der Waals surface area contributed by atoms with Gasteiger partial charge >= 0.3 is 5.97 Å². The van der Waals surface area contributed by atoms with E-state index >= 15 is 0 Å². The Bertz CT molecular complexity index is 656. The van der Waals surface area contributed by atoms with Crippen LogP contribution in [0.1, 0.15) is 35.7 Å². The molecule has 0 saturated heterocycles. The molecule has 0 fully saturated rings. The van der Waals surface area contributed by atoms with Crippen LogP contribution in [0, 0.1) is 0 Å². The third-order valence-corrected chi connectivity index (χ3v) is 3.29. The van der Waals surface area contributed by atoms with Gasteiger partial charge in [0.15, 0.2) is 5.75 Å². The summed E-state index contributed by atoms with van der Waals surface area (Å²) in [6, 6.07) is 11.8. The van der Waals surface area contributed by atoms with Crippen molar-refractivity contribution in [2.45, 2.75) is 19.8 Å². The van der Waals surface area contributed by atoms with Gasteiger partial charge in [0.2, 0.25) is 0 Å². The highest BCUT2D eigenvalue weighted by Crippen LogP contribution is 2.29. The molecular formula is C16H16ClNO3. The number of carbonyl (C=O) groups excluding carboxylic acids is 1. The minimum Gasteiger partial charge on any atom is -0.421 e. The van der Waals surface area contributed by atoms with E-state index in [0.29, 0.717) is 16.3 Å². The van der Waals surface area contributed by atoms with Gasteiger partial charge in [0.25, 0.3) is 0 Å². The van der Waals surface area contributed by atoms with Crippen LogP contribution in [0.4, 0.5) is 5.69 Å². The lowest BCUT2D eigenvalue weighted by molar-refractivity contribution is 0.0735. The number of anilines is 1. The highest BCUT2D eigenvalue weighted by Gasteiger charge is 2.13. The molecule has 0 aliphatic rings. The zero-order valence-electron chi connectivity index (χ0n) is 11.8. The van der Waals surface area contributed by atoms with Gasteiger partial charge in [-0.05, 0) is 41.8 Å². The molecule has 0 unspecified atom stereocenters. The fourth-order valence-corrected chi connectivity index (χ4v) is 2.04.